The molecule has 0 fully saturated rings. The van der Waals surface area contributed by atoms with Crippen LogP contribution >= 0.6 is 11.6 Å². The van der Waals surface area contributed by atoms with E-state index in [0.29, 0.717) is 5.56 Å². The molecular weight excluding hydrogens is 300 g/mol. The van der Waals surface area contributed by atoms with Gasteiger partial charge in [0.2, 0.25) is 0 Å². The molecule has 102 valence electrons. The number of benzene rings is 1. The van der Waals surface area contributed by atoms with E-state index in [1.54, 1.807) is 19.1 Å². The van der Waals surface area contributed by atoms with Crippen LogP contribution in [0.4, 0.5) is 5.82 Å². The molecule has 0 atom stereocenters. The highest BCUT2D eigenvalue weighted by Crippen LogP contribution is 2.20. The monoisotopic (exact) mass is 308 g/mol. The average Bonchev–Trinajstić information content (AvgIpc) is 2.38. The lowest BCUT2D eigenvalue weighted by Crippen LogP contribution is -2.15. The lowest BCUT2D eigenvalue weighted by atomic mass is 10.2. The third-order valence-corrected chi connectivity index (χ3v) is 4.13. The Bertz CT molecular complexity index is 799. The topological polar surface area (TPSA) is 95.7 Å². The Morgan fingerprint density at radius 2 is 2.10 bits per heavy atom. The van der Waals surface area contributed by atoms with Gasteiger partial charge in [-0.05, 0) is 24.6 Å². The lowest BCUT2D eigenvalue weighted by molar-refractivity contribution is 0.600. The molecule has 0 aliphatic rings. The van der Waals surface area contributed by atoms with Crippen LogP contribution in [0.1, 0.15) is 11.1 Å². The van der Waals surface area contributed by atoms with Crippen molar-refractivity contribution >= 4 is 27.4 Å². The number of nitriles is 1. The highest BCUT2D eigenvalue weighted by atomic mass is 35.5. The van der Waals surface area contributed by atoms with Crippen LogP contribution in [-0.2, 0) is 10.0 Å². The number of sulfonamides is 1. The molecule has 6 nitrogen and oxygen atoms in total. The van der Waals surface area contributed by atoms with Gasteiger partial charge in [-0.1, -0.05) is 17.7 Å². The number of nitrogens with zero attached hydrogens (tertiary/aromatic N) is 3. The highest BCUT2D eigenvalue weighted by Gasteiger charge is 2.18. The van der Waals surface area contributed by atoms with E-state index in [1.165, 1.54) is 18.5 Å². The summed E-state index contributed by atoms with van der Waals surface area (Å²) in [5.74, 6) is 0.0132. The molecule has 0 saturated carbocycles. The Balaban J connectivity index is 2.43. The van der Waals surface area contributed by atoms with Crippen molar-refractivity contribution in [3.63, 3.8) is 0 Å². The summed E-state index contributed by atoms with van der Waals surface area (Å²) in [4.78, 5) is 7.56. The molecule has 1 aromatic carbocycles. The number of hydrogen-bond donors (Lipinski definition) is 1. The fraction of sp³-hybridized carbons (Fsp3) is 0.0833. The third kappa shape index (κ3) is 3.04. The summed E-state index contributed by atoms with van der Waals surface area (Å²) in [5.41, 5.74) is 0.777. The van der Waals surface area contributed by atoms with E-state index >= 15 is 0 Å². The Kier molecular flexibility index (Phi) is 3.88. The number of aromatic nitrogens is 2. The second-order valence-electron chi connectivity index (χ2n) is 3.92. The minimum Gasteiger partial charge on any atom is -0.262 e. The average molecular weight is 309 g/mol. The molecule has 0 bridgehead atoms. The van der Waals surface area contributed by atoms with Crippen molar-refractivity contribution in [2.75, 3.05) is 4.72 Å². The number of aryl methyl sites for hydroxylation is 1. The summed E-state index contributed by atoms with van der Waals surface area (Å²) < 4.78 is 26.8. The molecule has 20 heavy (non-hydrogen) atoms. The minimum atomic E-state index is -3.86. The molecular formula is C12H9ClN4O2S. The molecule has 2 aromatic rings. The lowest BCUT2D eigenvalue weighted by Gasteiger charge is -2.09. The minimum absolute atomic E-state index is 0.0123. The predicted molar refractivity (Wildman–Crippen MR) is 73.7 cm³/mol. The summed E-state index contributed by atoms with van der Waals surface area (Å²) in [5, 5.41) is 8.92. The zero-order valence-electron chi connectivity index (χ0n) is 10.3. The summed E-state index contributed by atoms with van der Waals surface area (Å²) >= 11 is 5.65. The first-order valence-corrected chi connectivity index (χ1v) is 7.29. The van der Waals surface area contributed by atoms with E-state index < -0.39 is 10.0 Å². The number of anilines is 1. The van der Waals surface area contributed by atoms with Crippen LogP contribution in [0.15, 0.2) is 35.5 Å². The molecule has 0 spiro atoms. The SMILES string of the molecule is Cc1ccc(C#N)cc1S(=O)(=O)Nc1cncc(Cl)n1. The Hall–Kier alpha value is -2.17. The van der Waals surface area contributed by atoms with Crippen molar-refractivity contribution in [2.24, 2.45) is 0 Å². The third-order valence-electron chi connectivity index (χ3n) is 2.45. The first-order valence-electron chi connectivity index (χ1n) is 5.43. The second-order valence-corrected chi connectivity index (χ2v) is 5.96. The second kappa shape index (κ2) is 5.45. The van der Waals surface area contributed by atoms with Gasteiger partial charge in [-0.25, -0.2) is 13.4 Å². The molecule has 0 amide bonds. The molecule has 0 saturated heterocycles. The van der Waals surface area contributed by atoms with Crippen molar-refractivity contribution in [1.82, 2.24) is 9.97 Å². The zero-order valence-corrected chi connectivity index (χ0v) is 11.9. The van der Waals surface area contributed by atoms with E-state index in [0.717, 1.165) is 0 Å². The molecule has 0 aliphatic carbocycles. The summed E-state index contributed by atoms with van der Waals surface area (Å²) in [6.45, 7) is 1.64. The first-order chi connectivity index (χ1) is 9.42. The summed E-state index contributed by atoms with van der Waals surface area (Å²) in [6.07, 6.45) is 2.54. The van der Waals surface area contributed by atoms with Gasteiger partial charge in [0, 0.05) is 0 Å². The fourth-order valence-corrected chi connectivity index (χ4v) is 2.95. The number of nitrogens with one attached hydrogen (secondary N) is 1. The number of halogens is 1. The maximum Gasteiger partial charge on any atom is 0.263 e. The Morgan fingerprint density at radius 1 is 1.35 bits per heavy atom. The summed E-state index contributed by atoms with van der Waals surface area (Å²) in [7, 11) is -3.86. The maximum absolute atomic E-state index is 12.3. The molecule has 0 aliphatic heterocycles. The van der Waals surface area contributed by atoms with Gasteiger partial charge in [0.1, 0.15) is 5.15 Å². The van der Waals surface area contributed by atoms with Gasteiger partial charge in [0.05, 0.1) is 28.9 Å². The van der Waals surface area contributed by atoms with Crippen molar-refractivity contribution in [3.8, 4) is 6.07 Å². The van der Waals surface area contributed by atoms with Gasteiger partial charge in [0.15, 0.2) is 5.82 Å². The highest BCUT2D eigenvalue weighted by molar-refractivity contribution is 7.92. The van der Waals surface area contributed by atoms with E-state index in [-0.39, 0.29) is 21.4 Å². The normalized spacial score (nSPS) is 10.8. The van der Waals surface area contributed by atoms with Crippen LogP contribution in [0.5, 0.6) is 0 Å². The van der Waals surface area contributed by atoms with Crippen LogP contribution in [-0.4, -0.2) is 18.4 Å². The molecule has 2 rings (SSSR count). The van der Waals surface area contributed by atoms with E-state index in [1.807, 2.05) is 6.07 Å². The smallest absolute Gasteiger partial charge is 0.262 e. The summed E-state index contributed by atoms with van der Waals surface area (Å²) in [6, 6.07) is 6.31. The Labute approximate surface area is 121 Å². The molecule has 0 unspecified atom stereocenters. The standard InChI is InChI=1S/C12H9ClN4O2S/c1-8-2-3-9(5-14)4-10(8)20(18,19)17-12-7-15-6-11(13)16-12/h2-4,6-7H,1H3,(H,16,17). The quantitative estimate of drug-likeness (QED) is 0.936. The van der Waals surface area contributed by atoms with Gasteiger partial charge in [-0.2, -0.15) is 5.26 Å². The van der Waals surface area contributed by atoms with Crippen molar-refractivity contribution in [1.29, 1.82) is 5.26 Å². The van der Waals surface area contributed by atoms with Crippen LogP contribution in [0.25, 0.3) is 0 Å². The van der Waals surface area contributed by atoms with Crippen LogP contribution in [0, 0.1) is 18.3 Å². The van der Waals surface area contributed by atoms with Crippen molar-refractivity contribution in [2.45, 2.75) is 11.8 Å². The predicted octanol–water partition coefficient (Wildman–Crippen LogP) is 2.11. The van der Waals surface area contributed by atoms with Gasteiger partial charge in [-0.15, -0.1) is 0 Å². The first kappa shape index (κ1) is 14.2. The molecule has 0 radical (unpaired) electrons. The van der Waals surface area contributed by atoms with E-state index in [9.17, 15) is 8.42 Å². The molecule has 1 aromatic heterocycles. The largest absolute Gasteiger partial charge is 0.263 e. The molecule has 1 heterocycles. The number of rotatable bonds is 3. The van der Waals surface area contributed by atoms with Gasteiger partial charge < -0.3 is 0 Å². The molecule has 1 N–H and O–H groups in total. The van der Waals surface area contributed by atoms with Crippen molar-refractivity contribution < 1.29 is 8.42 Å². The van der Waals surface area contributed by atoms with Crippen molar-refractivity contribution in [3.05, 3.63) is 46.9 Å². The van der Waals surface area contributed by atoms with Crippen LogP contribution in [0.3, 0.4) is 0 Å². The maximum atomic E-state index is 12.3. The van der Waals surface area contributed by atoms with Gasteiger partial charge >= 0.3 is 0 Å². The van der Waals surface area contributed by atoms with Gasteiger partial charge in [0.25, 0.3) is 10.0 Å². The van der Waals surface area contributed by atoms with E-state index in [2.05, 4.69) is 14.7 Å². The zero-order chi connectivity index (χ0) is 14.8. The molecule has 8 heteroatoms. The van der Waals surface area contributed by atoms with Crippen LogP contribution in [0.2, 0.25) is 5.15 Å². The van der Waals surface area contributed by atoms with Crippen LogP contribution < -0.4 is 4.72 Å². The Morgan fingerprint density at radius 3 is 2.75 bits per heavy atom. The van der Waals surface area contributed by atoms with E-state index in [4.69, 9.17) is 16.9 Å². The van der Waals surface area contributed by atoms with Gasteiger partial charge in [-0.3, -0.25) is 9.71 Å². The fourth-order valence-electron chi connectivity index (χ4n) is 1.54. The number of hydrogen-bond acceptors (Lipinski definition) is 5.